The third-order valence-corrected chi connectivity index (χ3v) is 4.88. The molecule has 4 aromatic rings. The molecule has 0 aliphatic carbocycles. The van der Waals surface area contributed by atoms with Gasteiger partial charge in [-0.05, 0) is 48.9 Å². The number of hydrogen-bond acceptors (Lipinski definition) is 1. The second-order valence-corrected chi connectivity index (χ2v) is 6.41. The quantitative estimate of drug-likeness (QED) is 0.443. The number of fused-ring (bicyclic) bond motifs is 1. The third kappa shape index (κ3) is 2.47. The maximum absolute atomic E-state index is 4.88. The van der Waals surface area contributed by atoms with Crippen molar-refractivity contribution in [1.29, 1.82) is 0 Å². The molecule has 0 bridgehead atoms. The minimum atomic E-state index is 0.966. The molecule has 4 rings (SSSR count). The van der Waals surface area contributed by atoms with Crippen molar-refractivity contribution in [2.45, 2.75) is 6.92 Å². The molecule has 0 N–H and O–H groups in total. The second kappa shape index (κ2) is 5.67. The van der Waals surface area contributed by atoms with Crippen molar-refractivity contribution in [3.05, 3.63) is 82.8 Å². The first-order valence-corrected chi connectivity index (χ1v) is 8.33. The van der Waals surface area contributed by atoms with Crippen LogP contribution in [0.1, 0.15) is 5.56 Å². The molecule has 0 fully saturated rings. The van der Waals surface area contributed by atoms with Gasteiger partial charge in [0.25, 0.3) is 0 Å². The van der Waals surface area contributed by atoms with E-state index in [0.29, 0.717) is 0 Å². The van der Waals surface area contributed by atoms with E-state index >= 15 is 0 Å². The van der Waals surface area contributed by atoms with Crippen molar-refractivity contribution >= 4 is 27.0 Å². The lowest BCUT2D eigenvalue weighted by atomic mass is 10.1. The highest BCUT2D eigenvalue weighted by Crippen LogP contribution is 2.30. The zero-order chi connectivity index (χ0) is 15.8. The van der Waals surface area contributed by atoms with E-state index in [9.17, 15) is 0 Å². The minimum absolute atomic E-state index is 0.966. The Balaban J connectivity index is 2.04. The molecule has 0 aliphatic heterocycles. The summed E-state index contributed by atoms with van der Waals surface area (Å²) in [5.41, 5.74) is 5.57. The summed E-state index contributed by atoms with van der Waals surface area (Å²) in [6.45, 7) is 2.10. The van der Waals surface area contributed by atoms with Crippen LogP contribution in [-0.4, -0.2) is 9.55 Å². The molecule has 1 heterocycles. The highest BCUT2D eigenvalue weighted by Gasteiger charge is 2.14. The Kier molecular flexibility index (Phi) is 3.50. The van der Waals surface area contributed by atoms with Gasteiger partial charge in [0.15, 0.2) is 0 Å². The zero-order valence-electron chi connectivity index (χ0n) is 12.7. The lowest BCUT2D eigenvalue weighted by Gasteiger charge is -2.10. The predicted molar refractivity (Wildman–Crippen MR) is 98.9 cm³/mol. The van der Waals surface area contributed by atoms with E-state index in [0.717, 1.165) is 32.6 Å². The maximum Gasteiger partial charge on any atom is 0.145 e. The van der Waals surface area contributed by atoms with E-state index < -0.39 is 0 Å². The van der Waals surface area contributed by atoms with Crippen LogP contribution >= 0.6 is 15.9 Å². The average molecular weight is 363 g/mol. The number of aryl methyl sites for hydroxylation is 1. The highest BCUT2D eigenvalue weighted by molar-refractivity contribution is 9.10. The molecule has 0 aliphatic rings. The largest absolute Gasteiger partial charge is 0.292 e. The van der Waals surface area contributed by atoms with Gasteiger partial charge in [-0.2, -0.15) is 0 Å². The second-order valence-electron chi connectivity index (χ2n) is 5.56. The molecule has 0 radical (unpaired) electrons. The molecule has 0 unspecified atom stereocenters. The van der Waals surface area contributed by atoms with Gasteiger partial charge in [0, 0.05) is 15.7 Å². The molecular weight excluding hydrogens is 348 g/mol. The molecule has 23 heavy (non-hydrogen) atoms. The van der Waals surface area contributed by atoms with Gasteiger partial charge in [0.2, 0.25) is 0 Å². The van der Waals surface area contributed by atoms with Crippen LogP contribution in [0.15, 0.2) is 77.3 Å². The van der Waals surface area contributed by atoms with Crippen molar-refractivity contribution < 1.29 is 0 Å². The minimum Gasteiger partial charge on any atom is -0.292 e. The first kappa shape index (κ1) is 14.2. The lowest BCUT2D eigenvalue weighted by Crippen LogP contribution is -1.97. The van der Waals surface area contributed by atoms with Gasteiger partial charge < -0.3 is 0 Å². The normalized spacial score (nSPS) is 11.0. The third-order valence-electron chi connectivity index (χ3n) is 3.99. The summed E-state index contributed by atoms with van der Waals surface area (Å²) in [5.74, 6) is 0.966. The van der Waals surface area contributed by atoms with Crippen LogP contribution in [0.5, 0.6) is 0 Å². The van der Waals surface area contributed by atoms with E-state index in [4.69, 9.17) is 4.98 Å². The Morgan fingerprint density at radius 3 is 2.39 bits per heavy atom. The molecule has 112 valence electrons. The fraction of sp³-hybridized carbons (Fsp3) is 0.0500. The van der Waals surface area contributed by atoms with Gasteiger partial charge in [0.1, 0.15) is 5.82 Å². The van der Waals surface area contributed by atoms with Crippen LogP contribution in [0.3, 0.4) is 0 Å². The number of imidazole rings is 1. The predicted octanol–water partition coefficient (Wildman–Crippen LogP) is 5.76. The van der Waals surface area contributed by atoms with Gasteiger partial charge in [-0.1, -0.05) is 52.3 Å². The van der Waals surface area contributed by atoms with E-state index in [-0.39, 0.29) is 0 Å². The van der Waals surface area contributed by atoms with Crippen molar-refractivity contribution in [1.82, 2.24) is 9.55 Å². The fourth-order valence-corrected chi connectivity index (χ4v) is 3.09. The first-order valence-electron chi connectivity index (χ1n) is 7.53. The number of benzene rings is 3. The van der Waals surface area contributed by atoms with Gasteiger partial charge in [0.05, 0.1) is 11.0 Å². The summed E-state index contributed by atoms with van der Waals surface area (Å²) in [5, 5.41) is 0. The number of rotatable bonds is 2. The van der Waals surface area contributed by atoms with Gasteiger partial charge in [-0.15, -0.1) is 0 Å². The smallest absolute Gasteiger partial charge is 0.145 e. The molecule has 2 nitrogen and oxygen atoms in total. The highest BCUT2D eigenvalue weighted by atomic mass is 79.9. The Bertz CT molecular complexity index is 987. The van der Waals surface area contributed by atoms with Crippen molar-refractivity contribution in [3.8, 4) is 17.1 Å². The molecule has 1 aromatic heterocycles. The summed E-state index contributed by atoms with van der Waals surface area (Å²) < 4.78 is 3.33. The topological polar surface area (TPSA) is 17.8 Å². The number of para-hydroxylation sites is 3. The molecule has 3 aromatic carbocycles. The van der Waals surface area contributed by atoms with Gasteiger partial charge in [-0.25, -0.2) is 4.98 Å². The van der Waals surface area contributed by atoms with Crippen molar-refractivity contribution in [2.75, 3.05) is 0 Å². The number of aromatic nitrogens is 2. The van der Waals surface area contributed by atoms with Crippen LogP contribution in [-0.2, 0) is 0 Å². The summed E-state index contributed by atoms with van der Waals surface area (Å²) in [4.78, 5) is 4.88. The standard InChI is InChI=1S/C20H15BrN2/c1-14-13-15(11-12-17(14)21)20-22-18-9-5-6-10-19(18)23(20)16-7-3-2-4-8-16/h2-13H,1H3. The summed E-state index contributed by atoms with van der Waals surface area (Å²) >= 11 is 3.57. The van der Waals surface area contributed by atoms with Crippen molar-refractivity contribution in [3.63, 3.8) is 0 Å². The van der Waals surface area contributed by atoms with E-state index in [2.05, 4.69) is 88.1 Å². The van der Waals surface area contributed by atoms with Crippen LogP contribution in [0.25, 0.3) is 28.1 Å². The Morgan fingerprint density at radius 1 is 0.870 bits per heavy atom. The fourth-order valence-electron chi connectivity index (χ4n) is 2.84. The molecule has 0 spiro atoms. The van der Waals surface area contributed by atoms with Crippen LogP contribution in [0.4, 0.5) is 0 Å². The summed E-state index contributed by atoms with van der Waals surface area (Å²) in [6.07, 6.45) is 0. The SMILES string of the molecule is Cc1cc(-c2nc3ccccc3n2-c2ccccc2)ccc1Br. The zero-order valence-corrected chi connectivity index (χ0v) is 14.3. The molecule has 0 amide bonds. The number of hydrogen-bond donors (Lipinski definition) is 0. The van der Waals surface area contributed by atoms with Crippen molar-refractivity contribution in [2.24, 2.45) is 0 Å². The van der Waals surface area contributed by atoms with Crippen LogP contribution < -0.4 is 0 Å². The summed E-state index contributed by atoms with van der Waals surface area (Å²) in [6, 6.07) is 25.0. The molecule has 0 saturated carbocycles. The lowest BCUT2D eigenvalue weighted by molar-refractivity contribution is 1.10. The van der Waals surface area contributed by atoms with Gasteiger partial charge >= 0.3 is 0 Å². The Morgan fingerprint density at radius 2 is 1.61 bits per heavy atom. The molecule has 0 atom stereocenters. The first-order chi connectivity index (χ1) is 11.2. The number of nitrogens with zero attached hydrogens (tertiary/aromatic N) is 2. The van der Waals surface area contributed by atoms with Crippen LogP contribution in [0, 0.1) is 6.92 Å². The van der Waals surface area contributed by atoms with E-state index in [1.165, 1.54) is 5.56 Å². The molecule has 0 saturated heterocycles. The van der Waals surface area contributed by atoms with E-state index in [1.54, 1.807) is 0 Å². The van der Waals surface area contributed by atoms with Gasteiger partial charge in [-0.3, -0.25) is 4.57 Å². The summed E-state index contributed by atoms with van der Waals surface area (Å²) in [7, 11) is 0. The van der Waals surface area contributed by atoms with E-state index in [1.807, 2.05) is 12.1 Å². The van der Waals surface area contributed by atoms with Crippen LogP contribution in [0.2, 0.25) is 0 Å². The molecule has 3 heteroatoms. The molecular formula is C20H15BrN2. The Hall–Kier alpha value is -2.39. The monoisotopic (exact) mass is 362 g/mol. The Labute approximate surface area is 143 Å². The maximum atomic E-state index is 4.88. The average Bonchev–Trinajstić information content (AvgIpc) is 2.97. The number of halogens is 1.